The van der Waals surface area contributed by atoms with Crippen molar-refractivity contribution in [1.29, 1.82) is 0 Å². The molecule has 1 saturated heterocycles. The largest absolute Gasteiger partial charge is 0.336 e. The molecule has 5 heteroatoms. The molecule has 104 valence electrons. The van der Waals surface area contributed by atoms with E-state index >= 15 is 0 Å². The first-order valence-corrected chi connectivity index (χ1v) is 6.87. The number of para-hydroxylation sites is 1. The molecule has 0 saturated carbocycles. The Hall–Kier alpha value is -2.14. The molecule has 1 aliphatic heterocycles. The van der Waals surface area contributed by atoms with Crippen LogP contribution in [-0.2, 0) is 0 Å². The second-order valence-corrected chi connectivity index (χ2v) is 5.12. The predicted molar refractivity (Wildman–Crippen MR) is 76.9 cm³/mol. The normalized spacial score (nSPS) is 19.1. The molecule has 1 aromatic carbocycles. The number of benzene rings is 1. The highest BCUT2D eigenvalue weighted by Crippen LogP contribution is 2.11. The number of rotatable bonds is 2. The minimum absolute atomic E-state index is 0.0560. The van der Waals surface area contributed by atoms with Crippen LogP contribution in [0.3, 0.4) is 0 Å². The van der Waals surface area contributed by atoms with Gasteiger partial charge in [0, 0.05) is 31.9 Å². The second kappa shape index (κ2) is 5.46. The molecule has 0 spiro atoms. The Morgan fingerprint density at radius 2 is 2.15 bits per heavy atom. The number of nitrogens with one attached hydrogen (secondary N) is 1. The molecule has 1 fully saturated rings. The summed E-state index contributed by atoms with van der Waals surface area (Å²) in [4.78, 5) is 14.3. The van der Waals surface area contributed by atoms with Gasteiger partial charge in [0.25, 0.3) is 5.91 Å². The summed E-state index contributed by atoms with van der Waals surface area (Å²) < 4.78 is 1.73. The zero-order chi connectivity index (χ0) is 13.9. The molecule has 1 amide bonds. The van der Waals surface area contributed by atoms with E-state index in [1.165, 1.54) is 0 Å². The molecule has 0 aliphatic carbocycles. The number of carbonyl (C=O) groups is 1. The molecular formula is C15H18N4O. The first kappa shape index (κ1) is 12.9. The smallest absolute Gasteiger partial charge is 0.257 e. The molecule has 0 radical (unpaired) electrons. The Labute approximate surface area is 118 Å². The van der Waals surface area contributed by atoms with Gasteiger partial charge >= 0.3 is 0 Å². The van der Waals surface area contributed by atoms with Gasteiger partial charge in [0.05, 0.1) is 17.4 Å². The van der Waals surface area contributed by atoms with Gasteiger partial charge in [-0.25, -0.2) is 4.68 Å². The number of nitrogens with zero attached hydrogens (tertiary/aromatic N) is 3. The summed E-state index contributed by atoms with van der Waals surface area (Å²) >= 11 is 0. The van der Waals surface area contributed by atoms with E-state index in [9.17, 15) is 4.79 Å². The fourth-order valence-electron chi connectivity index (χ4n) is 2.45. The van der Waals surface area contributed by atoms with Crippen LogP contribution in [0, 0.1) is 0 Å². The molecule has 2 aromatic rings. The number of hydrogen-bond acceptors (Lipinski definition) is 3. The van der Waals surface area contributed by atoms with Crippen LogP contribution in [0.15, 0.2) is 42.7 Å². The van der Waals surface area contributed by atoms with Crippen molar-refractivity contribution in [3.8, 4) is 5.69 Å². The lowest BCUT2D eigenvalue weighted by molar-refractivity contribution is 0.0709. The molecule has 1 atom stereocenters. The van der Waals surface area contributed by atoms with Gasteiger partial charge in [-0.3, -0.25) is 4.79 Å². The maximum absolute atomic E-state index is 12.4. The number of piperazine rings is 1. The molecule has 1 aromatic heterocycles. The Kier molecular flexibility index (Phi) is 3.52. The van der Waals surface area contributed by atoms with E-state index < -0.39 is 0 Å². The molecule has 20 heavy (non-hydrogen) atoms. The first-order chi connectivity index (χ1) is 9.74. The molecule has 0 unspecified atom stereocenters. The summed E-state index contributed by atoms with van der Waals surface area (Å²) in [6.07, 6.45) is 3.44. The Morgan fingerprint density at radius 1 is 1.35 bits per heavy atom. The zero-order valence-electron chi connectivity index (χ0n) is 11.5. The first-order valence-electron chi connectivity index (χ1n) is 6.87. The lowest BCUT2D eigenvalue weighted by Crippen LogP contribution is -2.51. The molecule has 5 nitrogen and oxygen atoms in total. The maximum Gasteiger partial charge on any atom is 0.257 e. The summed E-state index contributed by atoms with van der Waals surface area (Å²) in [6, 6.07) is 10.1. The van der Waals surface area contributed by atoms with Crippen LogP contribution in [0.1, 0.15) is 17.3 Å². The highest BCUT2D eigenvalue weighted by Gasteiger charge is 2.22. The van der Waals surface area contributed by atoms with E-state index in [0.29, 0.717) is 11.6 Å². The van der Waals surface area contributed by atoms with Crippen molar-refractivity contribution < 1.29 is 4.79 Å². The van der Waals surface area contributed by atoms with Crippen molar-refractivity contribution in [2.24, 2.45) is 0 Å². The fraction of sp³-hybridized carbons (Fsp3) is 0.333. The maximum atomic E-state index is 12.4. The van der Waals surface area contributed by atoms with Crippen LogP contribution in [0.4, 0.5) is 0 Å². The van der Waals surface area contributed by atoms with Crippen LogP contribution in [-0.4, -0.2) is 46.3 Å². The van der Waals surface area contributed by atoms with Crippen molar-refractivity contribution in [1.82, 2.24) is 20.0 Å². The monoisotopic (exact) mass is 270 g/mol. The summed E-state index contributed by atoms with van der Waals surface area (Å²) in [5.74, 6) is 0.0560. The molecule has 1 N–H and O–H groups in total. The lowest BCUT2D eigenvalue weighted by Gasteiger charge is -2.31. The summed E-state index contributed by atoms with van der Waals surface area (Å²) in [6.45, 7) is 4.43. The van der Waals surface area contributed by atoms with Crippen LogP contribution >= 0.6 is 0 Å². The third kappa shape index (κ3) is 2.58. The Bertz CT molecular complexity index is 593. The third-order valence-electron chi connectivity index (χ3n) is 3.51. The number of carbonyl (C=O) groups excluding carboxylic acids is 1. The van der Waals surface area contributed by atoms with E-state index in [-0.39, 0.29) is 5.91 Å². The highest BCUT2D eigenvalue weighted by atomic mass is 16.2. The van der Waals surface area contributed by atoms with Gasteiger partial charge in [0.15, 0.2) is 0 Å². The van der Waals surface area contributed by atoms with Gasteiger partial charge in [-0.05, 0) is 19.1 Å². The van der Waals surface area contributed by atoms with E-state index in [2.05, 4.69) is 17.3 Å². The van der Waals surface area contributed by atoms with Crippen molar-refractivity contribution in [3.63, 3.8) is 0 Å². The standard InChI is InChI=1S/C15H18N4O/c1-12-10-18(8-7-16-12)15(20)13-9-17-19(11-13)14-5-3-2-4-6-14/h2-6,9,11-12,16H,7-8,10H2,1H3/t12-/m0/s1. The molecule has 0 bridgehead atoms. The number of hydrogen-bond donors (Lipinski definition) is 1. The third-order valence-corrected chi connectivity index (χ3v) is 3.51. The summed E-state index contributed by atoms with van der Waals surface area (Å²) in [7, 11) is 0. The lowest BCUT2D eigenvalue weighted by atomic mass is 10.2. The zero-order valence-corrected chi connectivity index (χ0v) is 11.5. The predicted octanol–water partition coefficient (Wildman–Crippen LogP) is 1.31. The van der Waals surface area contributed by atoms with E-state index in [4.69, 9.17) is 0 Å². The molecule has 3 rings (SSSR count). The van der Waals surface area contributed by atoms with Crippen molar-refractivity contribution in [3.05, 3.63) is 48.3 Å². The van der Waals surface area contributed by atoms with Gasteiger partial charge in [-0.15, -0.1) is 0 Å². The quantitative estimate of drug-likeness (QED) is 0.895. The van der Waals surface area contributed by atoms with Crippen LogP contribution < -0.4 is 5.32 Å². The van der Waals surface area contributed by atoms with Gasteiger partial charge in [-0.1, -0.05) is 18.2 Å². The van der Waals surface area contributed by atoms with E-state index in [1.54, 1.807) is 17.1 Å². The average Bonchev–Trinajstić information content (AvgIpc) is 2.97. The minimum Gasteiger partial charge on any atom is -0.336 e. The van der Waals surface area contributed by atoms with Gasteiger partial charge in [0.2, 0.25) is 0 Å². The van der Waals surface area contributed by atoms with Crippen molar-refractivity contribution in [2.75, 3.05) is 19.6 Å². The van der Waals surface area contributed by atoms with Crippen LogP contribution in [0.25, 0.3) is 5.69 Å². The number of amides is 1. The minimum atomic E-state index is 0.0560. The topological polar surface area (TPSA) is 50.2 Å². The molecule has 2 heterocycles. The molecular weight excluding hydrogens is 252 g/mol. The fourth-order valence-corrected chi connectivity index (χ4v) is 2.45. The molecule has 1 aliphatic rings. The average molecular weight is 270 g/mol. The Morgan fingerprint density at radius 3 is 2.90 bits per heavy atom. The van der Waals surface area contributed by atoms with Gasteiger partial charge in [-0.2, -0.15) is 5.10 Å². The van der Waals surface area contributed by atoms with Crippen molar-refractivity contribution in [2.45, 2.75) is 13.0 Å². The summed E-state index contributed by atoms with van der Waals surface area (Å²) in [5, 5.41) is 7.61. The van der Waals surface area contributed by atoms with Gasteiger partial charge in [0.1, 0.15) is 0 Å². The highest BCUT2D eigenvalue weighted by molar-refractivity contribution is 5.94. The summed E-state index contributed by atoms with van der Waals surface area (Å²) in [5.41, 5.74) is 1.60. The number of aromatic nitrogens is 2. The van der Waals surface area contributed by atoms with Crippen molar-refractivity contribution >= 4 is 5.91 Å². The SMILES string of the molecule is C[C@H]1CN(C(=O)c2cnn(-c3ccccc3)c2)CCN1. The van der Waals surface area contributed by atoms with Crippen LogP contribution in [0.5, 0.6) is 0 Å². The van der Waals surface area contributed by atoms with Gasteiger partial charge < -0.3 is 10.2 Å². The van der Waals surface area contributed by atoms with Crippen LogP contribution in [0.2, 0.25) is 0 Å². The second-order valence-electron chi connectivity index (χ2n) is 5.12. The van der Waals surface area contributed by atoms with E-state index in [1.807, 2.05) is 35.2 Å². The van der Waals surface area contributed by atoms with E-state index in [0.717, 1.165) is 25.3 Å². The Balaban J connectivity index is 1.78.